The lowest BCUT2D eigenvalue weighted by molar-refractivity contribution is -0.113. The molecule has 174 valence electrons. The molecule has 0 fully saturated rings. The predicted octanol–water partition coefficient (Wildman–Crippen LogP) is 2.91. The molecule has 0 atom stereocenters. The number of carbonyl (C=O) groups is 1. The van der Waals surface area contributed by atoms with Crippen LogP contribution in [0.25, 0.3) is 10.9 Å². The molecule has 2 heterocycles. The van der Waals surface area contributed by atoms with Crippen molar-refractivity contribution < 1.29 is 13.2 Å². The lowest BCUT2D eigenvalue weighted by Gasteiger charge is -2.10. The van der Waals surface area contributed by atoms with Gasteiger partial charge in [0.1, 0.15) is 0 Å². The molecule has 0 saturated heterocycles. The number of anilines is 2. The number of hydrogen-bond donors (Lipinski definition) is 2. The third kappa shape index (κ3) is 5.35. The Balaban J connectivity index is 1.39. The van der Waals surface area contributed by atoms with E-state index in [2.05, 4.69) is 25.2 Å². The van der Waals surface area contributed by atoms with Crippen LogP contribution in [0.3, 0.4) is 0 Å². The first-order valence-corrected chi connectivity index (χ1v) is 12.6. The van der Waals surface area contributed by atoms with Gasteiger partial charge in [0, 0.05) is 12.7 Å². The van der Waals surface area contributed by atoms with Crippen LogP contribution < -0.4 is 15.6 Å². The normalized spacial score (nSPS) is 11.4. The van der Waals surface area contributed by atoms with Crippen molar-refractivity contribution in [2.45, 2.75) is 10.1 Å². The summed E-state index contributed by atoms with van der Waals surface area (Å²) in [5, 5.41) is 11.0. The second kappa shape index (κ2) is 9.79. The van der Waals surface area contributed by atoms with Crippen LogP contribution in [0.2, 0.25) is 5.15 Å². The van der Waals surface area contributed by atoms with E-state index >= 15 is 0 Å². The molecule has 4 aromatic rings. The number of halogens is 1. The van der Waals surface area contributed by atoms with E-state index in [1.54, 1.807) is 31.3 Å². The van der Waals surface area contributed by atoms with Crippen LogP contribution in [0, 0.1) is 0 Å². The molecule has 0 aliphatic heterocycles. The second-order valence-electron chi connectivity index (χ2n) is 6.98. The minimum atomic E-state index is -3.90. The number of benzene rings is 2. The van der Waals surface area contributed by atoms with Gasteiger partial charge in [0.2, 0.25) is 5.91 Å². The minimum Gasteiger partial charge on any atom is -0.325 e. The molecule has 1 amide bonds. The Hall–Kier alpha value is -3.48. The van der Waals surface area contributed by atoms with Gasteiger partial charge in [0.25, 0.3) is 15.6 Å². The highest BCUT2D eigenvalue weighted by atomic mass is 35.5. The van der Waals surface area contributed by atoms with Crippen molar-refractivity contribution in [1.82, 2.24) is 19.7 Å². The predicted molar refractivity (Wildman–Crippen MR) is 131 cm³/mol. The first-order chi connectivity index (χ1) is 16.2. The summed E-state index contributed by atoms with van der Waals surface area (Å²) in [7, 11) is -2.30. The molecule has 0 aliphatic rings. The van der Waals surface area contributed by atoms with Crippen molar-refractivity contribution in [2.75, 3.05) is 15.8 Å². The number of sulfonamides is 1. The van der Waals surface area contributed by atoms with Gasteiger partial charge in [-0.05, 0) is 48.5 Å². The Morgan fingerprint density at radius 3 is 2.50 bits per heavy atom. The number of amides is 1. The number of nitrogens with zero attached hydrogens (tertiary/aromatic N) is 4. The number of fused-ring (bicyclic) bond motifs is 1. The fourth-order valence-corrected chi connectivity index (χ4v) is 4.81. The van der Waals surface area contributed by atoms with E-state index in [1.165, 1.54) is 41.0 Å². The second-order valence-corrected chi connectivity index (χ2v) is 10.00. The summed E-state index contributed by atoms with van der Waals surface area (Å²) in [5.74, 6) is -0.303. The van der Waals surface area contributed by atoms with Gasteiger partial charge >= 0.3 is 0 Å². The van der Waals surface area contributed by atoms with Gasteiger partial charge in [-0.15, -0.1) is 10.2 Å². The summed E-state index contributed by atoms with van der Waals surface area (Å²) >= 11 is 6.77. The van der Waals surface area contributed by atoms with E-state index in [-0.39, 0.29) is 33.1 Å². The number of rotatable bonds is 7. The molecule has 2 aromatic heterocycles. The van der Waals surface area contributed by atoms with Crippen LogP contribution in [-0.2, 0) is 21.9 Å². The highest BCUT2D eigenvalue weighted by Crippen LogP contribution is 2.20. The smallest absolute Gasteiger partial charge is 0.263 e. The van der Waals surface area contributed by atoms with Crippen molar-refractivity contribution in [3.05, 3.63) is 76.2 Å². The van der Waals surface area contributed by atoms with Gasteiger partial charge in [-0.3, -0.25) is 18.9 Å². The first kappa shape index (κ1) is 23.7. The van der Waals surface area contributed by atoms with Gasteiger partial charge in [-0.2, -0.15) is 0 Å². The maximum Gasteiger partial charge on any atom is 0.263 e. The van der Waals surface area contributed by atoms with Crippen LogP contribution in [0.1, 0.15) is 0 Å². The molecule has 0 unspecified atom stereocenters. The van der Waals surface area contributed by atoms with Gasteiger partial charge in [-0.1, -0.05) is 35.5 Å². The topological polar surface area (TPSA) is 136 Å². The average Bonchev–Trinajstić information content (AvgIpc) is 2.82. The fourth-order valence-electron chi connectivity index (χ4n) is 2.94. The fraction of sp³-hybridized carbons (Fsp3) is 0.0952. The van der Waals surface area contributed by atoms with E-state index in [0.717, 1.165) is 11.8 Å². The van der Waals surface area contributed by atoms with Crippen LogP contribution in [0.15, 0.2) is 75.5 Å². The first-order valence-electron chi connectivity index (χ1n) is 9.73. The number of aromatic nitrogens is 4. The SMILES string of the molecule is Cn1c(SCC(=O)Nc2ccc(S(=O)(=O)Nc3ccc(Cl)nn3)cc2)nc2ccccc2c1=O. The molecule has 13 heteroatoms. The van der Waals surface area contributed by atoms with Gasteiger partial charge < -0.3 is 5.32 Å². The number of hydrogen-bond acceptors (Lipinski definition) is 8. The average molecular weight is 517 g/mol. The number of nitrogens with one attached hydrogen (secondary N) is 2. The number of carbonyl (C=O) groups excluding carboxylic acids is 1. The largest absolute Gasteiger partial charge is 0.325 e. The summed E-state index contributed by atoms with van der Waals surface area (Å²) in [6.07, 6.45) is 0. The Morgan fingerprint density at radius 2 is 1.79 bits per heavy atom. The number of para-hydroxylation sites is 1. The molecular formula is C21H17ClN6O4S2. The zero-order valence-electron chi connectivity index (χ0n) is 17.6. The van der Waals surface area contributed by atoms with Gasteiger partial charge in [0.15, 0.2) is 16.1 Å². The van der Waals surface area contributed by atoms with Crippen LogP contribution in [0.4, 0.5) is 11.5 Å². The van der Waals surface area contributed by atoms with Crippen LogP contribution >= 0.6 is 23.4 Å². The lowest BCUT2D eigenvalue weighted by atomic mass is 10.2. The quantitative estimate of drug-likeness (QED) is 0.282. The third-order valence-electron chi connectivity index (χ3n) is 4.59. The van der Waals surface area contributed by atoms with E-state index in [0.29, 0.717) is 21.7 Å². The highest BCUT2D eigenvalue weighted by molar-refractivity contribution is 7.99. The molecule has 4 rings (SSSR count). The van der Waals surface area contributed by atoms with E-state index in [4.69, 9.17) is 11.6 Å². The zero-order chi connectivity index (χ0) is 24.3. The summed E-state index contributed by atoms with van der Waals surface area (Å²) < 4.78 is 28.7. The van der Waals surface area contributed by atoms with Crippen molar-refractivity contribution in [3.63, 3.8) is 0 Å². The molecule has 0 bridgehead atoms. The molecule has 2 aromatic carbocycles. The van der Waals surface area contributed by atoms with Crippen molar-refractivity contribution in [1.29, 1.82) is 0 Å². The minimum absolute atomic E-state index is 0.00939. The number of thioether (sulfide) groups is 1. The Labute approximate surface area is 203 Å². The molecule has 34 heavy (non-hydrogen) atoms. The van der Waals surface area contributed by atoms with Crippen molar-refractivity contribution >= 4 is 61.7 Å². The van der Waals surface area contributed by atoms with Gasteiger partial charge in [0.05, 0.1) is 21.6 Å². The molecule has 0 spiro atoms. The van der Waals surface area contributed by atoms with Gasteiger partial charge in [-0.25, -0.2) is 13.4 Å². The summed E-state index contributed by atoms with van der Waals surface area (Å²) in [6.45, 7) is 0. The van der Waals surface area contributed by atoms with E-state index in [1.807, 2.05) is 0 Å². The molecule has 0 saturated carbocycles. The standard InChI is InChI=1S/C21H17ClN6O4S2/c1-28-20(30)15-4-2-3-5-16(15)24-21(28)33-12-19(29)23-13-6-8-14(9-7-13)34(31,32)27-18-11-10-17(22)25-26-18/h2-11H,12H2,1H3,(H,23,29)(H,26,27). The molecule has 2 N–H and O–H groups in total. The van der Waals surface area contributed by atoms with Crippen molar-refractivity contribution in [2.24, 2.45) is 7.05 Å². The molecule has 10 nitrogen and oxygen atoms in total. The van der Waals surface area contributed by atoms with Crippen molar-refractivity contribution in [3.8, 4) is 0 Å². The Kier molecular flexibility index (Phi) is 6.82. The van der Waals surface area contributed by atoms with E-state index in [9.17, 15) is 18.0 Å². The summed E-state index contributed by atoms with van der Waals surface area (Å²) in [6, 6.07) is 15.4. The summed E-state index contributed by atoms with van der Waals surface area (Å²) in [5.41, 5.74) is 0.781. The maximum atomic E-state index is 12.5. The zero-order valence-corrected chi connectivity index (χ0v) is 20.0. The summed E-state index contributed by atoms with van der Waals surface area (Å²) in [4.78, 5) is 29.3. The van der Waals surface area contributed by atoms with Crippen LogP contribution in [0.5, 0.6) is 0 Å². The molecular weight excluding hydrogens is 500 g/mol. The lowest BCUT2D eigenvalue weighted by Crippen LogP contribution is -2.21. The highest BCUT2D eigenvalue weighted by Gasteiger charge is 2.16. The Morgan fingerprint density at radius 1 is 1.06 bits per heavy atom. The van der Waals surface area contributed by atoms with Crippen LogP contribution in [-0.4, -0.2) is 39.8 Å². The molecule has 0 aliphatic carbocycles. The van der Waals surface area contributed by atoms with E-state index < -0.39 is 10.0 Å². The maximum absolute atomic E-state index is 12.5. The third-order valence-corrected chi connectivity index (χ3v) is 7.20. The molecule has 0 radical (unpaired) electrons. The monoisotopic (exact) mass is 516 g/mol. The Bertz CT molecular complexity index is 1520.